The average molecular weight is 280 g/mol. The minimum Gasteiger partial charge on any atom is -0.388 e. The van der Waals surface area contributed by atoms with Crippen LogP contribution in [0.3, 0.4) is 0 Å². The van der Waals surface area contributed by atoms with E-state index in [0.29, 0.717) is 36.4 Å². The van der Waals surface area contributed by atoms with Gasteiger partial charge >= 0.3 is 6.01 Å². The number of aromatic nitrogens is 2. The summed E-state index contributed by atoms with van der Waals surface area (Å²) in [5.74, 6) is 0.504. The largest absolute Gasteiger partial charge is 0.388 e. The molecule has 0 aliphatic carbocycles. The fourth-order valence-electron chi connectivity index (χ4n) is 2.20. The number of halogens is 1. The van der Waals surface area contributed by atoms with Crippen LogP contribution in [-0.2, 0) is 0 Å². The highest BCUT2D eigenvalue weighted by Gasteiger charge is 2.33. The van der Waals surface area contributed by atoms with Crippen molar-refractivity contribution in [3.63, 3.8) is 0 Å². The van der Waals surface area contributed by atoms with E-state index in [9.17, 15) is 5.11 Å². The number of benzene rings is 1. The first-order chi connectivity index (χ1) is 9.03. The number of aliphatic hydroxyl groups is 1. The van der Waals surface area contributed by atoms with E-state index in [0.717, 1.165) is 5.56 Å². The highest BCUT2D eigenvalue weighted by molar-refractivity contribution is 6.30. The standard InChI is InChI=1S/C13H14ClN3O2/c1-13(18)5-6-17(8-13)12-15-11(16-19-12)9-3-2-4-10(14)7-9/h2-4,7,18H,5-6,8H2,1H3. The second-order valence-corrected chi connectivity index (χ2v) is 5.52. The Morgan fingerprint density at radius 3 is 3.00 bits per heavy atom. The topological polar surface area (TPSA) is 62.4 Å². The summed E-state index contributed by atoms with van der Waals surface area (Å²) >= 11 is 5.94. The molecule has 1 atom stereocenters. The van der Waals surface area contributed by atoms with Gasteiger partial charge in [0.1, 0.15) is 0 Å². The van der Waals surface area contributed by atoms with Crippen molar-refractivity contribution >= 4 is 17.6 Å². The number of hydrogen-bond acceptors (Lipinski definition) is 5. The summed E-state index contributed by atoms with van der Waals surface area (Å²) in [4.78, 5) is 6.24. The molecule has 1 unspecified atom stereocenters. The molecule has 0 spiro atoms. The lowest BCUT2D eigenvalue weighted by Crippen LogP contribution is -2.29. The van der Waals surface area contributed by atoms with E-state index in [4.69, 9.17) is 16.1 Å². The Hall–Kier alpha value is -1.59. The van der Waals surface area contributed by atoms with Crippen molar-refractivity contribution in [3.8, 4) is 11.4 Å². The van der Waals surface area contributed by atoms with E-state index >= 15 is 0 Å². The molecular formula is C13H14ClN3O2. The van der Waals surface area contributed by atoms with E-state index in [1.54, 1.807) is 19.1 Å². The fourth-order valence-corrected chi connectivity index (χ4v) is 2.39. The first-order valence-corrected chi connectivity index (χ1v) is 6.48. The zero-order valence-electron chi connectivity index (χ0n) is 10.5. The summed E-state index contributed by atoms with van der Waals surface area (Å²) in [7, 11) is 0. The van der Waals surface area contributed by atoms with Crippen LogP contribution in [0.5, 0.6) is 0 Å². The average Bonchev–Trinajstić information content (AvgIpc) is 2.95. The Balaban J connectivity index is 1.84. The lowest BCUT2D eigenvalue weighted by atomic mass is 10.1. The maximum Gasteiger partial charge on any atom is 0.324 e. The molecule has 0 saturated carbocycles. The first kappa shape index (κ1) is 12.4. The summed E-state index contributed by atoms with van der Waals surface area (Å²) in [6.45, 7) is 3.02. The number of rotatable bonds is 2. The maximum absolute atomic E-state index is 9.94. The summed E-state index contributed by atoms with van der Waals surface area (Å²) in [5, 5.41) is 14.5. The van der Waals surface area contributed by atoms with Crippen molar-refractivity contribution in [1.82, 2.24) is 10.1 Å². The van der Waals surface area contributed by atoms with Gasteiger partial charge in [-0.3, -0.25) is 0 Å². The van der Waals surface area contributed by atoms with Gasteiger partial charge in [-0.25, -0.2) is 0 Å². The van der Waals surface area contributed by atoms with Gasteiger partial charge in [0.15, 0.2) is 0 Å². The van der Waals surface area contributed by atoms with Gasteiger partial charge in [-0.05, 0) is 25.5 Å². The zero-order chi connectivity index (χ0) is 13.5. The molecule has 3 rings (SSSR count). The molecule has 1 saturated heterocycles. The number of β-amino-alcohol motifs (C(OH)–C–C–N with tert-alkyl or cyclic N) is 1. The minimum absolute atomic E-state index is 0.438. The van der Waals surface area contributed by atoms with Crippen molar-refractivity contribution < 1.29 is 9.63 Å². The van der Waals surface area contributed by atoms with Crippen LogP contribution in [0.15, 0.2) is 28.8 Å². The van der Waals surface area contributed by atoms with Crippen LogP contribution in [-0.4, -0.2) is 33.9 Å². The van der Waals surface area contributed by atoms with Gasteiger partial charge in [0.2, 0.25) is 5.82 Å². The summed E-state index contributed by atoms with van der Waals surface area (Å²) in [6, 6.07) is 7.74. The lowest BCUT2D eigenvalue weighted by Gasteiger charge is -2.16. The SMILES string of the molecule is CC1(O)CCN(c2nc(-c3cccc(Cl)c3)no2)C1. The van der Waals surface area contributed by atoms with Crippen LogP contribution in [0.2, 0.25) is 5.02 Å². The summed E-state index contributed by atoms with van der Waals surface area (Å²) in [5.41, 5.74) is 0.124. The highest BCUT2D eigenvalue weighted by Crippen LogP contribution is 2.27. The Morgan fingerprint density at radius 2 is 2.32 bits per heavy atom. The van der Waals surface area contributed by atoms with E-state index < -0.39 is 5.60 Å². The van der Waals surface area contributed by atoms with Crippen LogP contribution in [0.4, 0.5) is 6.01 Å². The maximum atomic E-state index is 9.94. The van der Waals surface area contributed by atoms with Crippen molar-refractivity contribution in [2.24, 2.45) is 0 Å². The van der Waals surface area contributed by atoms with Gasteiger partial charge in [-0.15, -0.1) is 0 Å². The van der Waals surface area contributed by atoms with Crippen molar-refractivity contribution in [2.75, 3.05) is 18.0 Å². The predicted molar refractivity (Wildman–Crippen MR) is 72.2 cm³/mol. The van der Waals surface area contributed by atoms with Crippen molar-refractivity contribution in [1.29, 1.82) is 0 Å². The molecule has 1 N–H and O–H groups in total. The van der Waals surface area contributed by atoms with Crippen LogP contribution >= 0.6 is 11.6 Å². The summed E-state index contributed by atoms with van der Waals surface area (Å²) < 4.78 is 5.25. The molecule has 100 valence electrons. The van der Waals surface area contributed by atoms with E-state index in [1.165, 1.54) is 0 Å². The van der Waals surface area contributed by atoms with Crippen molar-refractivity contribution in [3.05, 3.63) is 29.3 Å². The molecule has 0 amide bonds. The second-order valence-electron chi connectivity index (χ2n) is 5.08. The molecule has 19 heavy (non-hydrogen) atoms. The number of anilines is 1. The molecule has 0 bridgehead atoms. The Bertz CT molecular complexity index is 597. The van der Waals surface area contributed by atoms with Gasteiger partial charge in [0.25, 0.3) is 0 Å². The fraction of sp³-hybridized carbons (Fsp3) is 0.385. The molecule has 6 heteroatoms. The monoisotopic (exact) mass is 279 g/mol. The Labute approximate surface area is 115 Å². The molecule has 2 heterocycles. The minimum atomic E-state index is -0.690. The molecule has 1 aliphatic heterocycles. The third-order valence-corrected chi connectivity index (χ3v) is 3.46. The van der Waals surface area contributed by atoms with E-state index in [1.807, 2.05) is 17.0 Å². The summed E-state index contributed by atoms with van der Waals surface area (Å²) in [6.07, 6.45) is 0.696. The molecule has 1 fully saturated rings. The second kappa shape index (κ2) is 4.51. The van der Waals surface area contributed by atoms with Crippen LogP contribution in [0.25, 0.3) is 11.4 Å². The van der Waals surface area contributed by atoms with Gasteiger partial charge in [0, 0.05) is 17.1 Å². The molecule has 5 nitrogen and oxygen atoms in total. The molecular weight excluding hydrogens is 266 g/mol. The Kier molecular flexibility index (Phi) is 2.95. The van der Waals surface area contributed by atoms with E-state index in [2.05, 4.69) is 10.1 Å². The van der Waals surface area contributed by atoms with Crippen LogP contribution in [0, 0.1) is 0 Å². The lowest BCUT2D eigenvalue weighted by molar-refractivity contribution is 0.0835. The van der Waals surface area contributed by atoms with E-state index in [-0.39, 0.29) is 0 Å². The van der Waals surface area contributed by atoms with Crippen LogP contribution in [0.1, 0.15) is 13.3 Å². The third-order valence-electron chi connectivity index (χ3n) is 3.22. The number of hydrogen-bond donors (Lipinski definition) is 1. The Morgan fingerprint density at radius 1 is 1.47 bits per heavy atom. The normalized spacial score (nSPS) is 23.0. The zero-order valence-corrected chi connectivity index (χ0v) is 11.3. The van der Waals surface area contributed by atoms with Gasteiger partial charge in [-0.1, -0.05) is 28.9 Å². The van der Waals surface area contributed by atoms with Crippen LogP contribution < -0.4 is 4.90 Å². The molecule has 1 aromatic carbocycles. The van der Waals surface area contributed by atoms with Gasteiger partial charge in [0.05, 0.1) is 12.1 Å². The predicted octanol–water partition coefficient (Wildman–Crippen LogP) is 2.35. The van der Waals surface area contributed by atoms with Gasteiger partial charge < -0.3 is 14.5 Å². The highest BCUT2D eigenvalue weighted by atomic mass is 35.5. The quantitative estimate of drug-likeness (QED) is 0.914. The number of nitrogens with zero attached hydrogens (tertiary/aromatic N) is 3. The molecule has 0 radical (unpaired) electrons. The molecule has 1 aliphatic rings. The third kappa shape index (κ3) is 2.57. The molecule has 2 aromatic rings. The van der Waals surface area contributed by atoms with Gasteiger partial charge in [-0.2, -0.15) is 4.98 Å². The smallest absolute Gasteiger partial charge is 0.324 e. The first-order valence-electron chi connectivity index (χ1n) is 6.10. The molecule has 1 aromatic heterocycles. The van der Waals surface area contributed by atoms with Crippen molar-refractivity contribution in [2.45, 2.75) is 18.9 Å².